The van der Waals surface area contributed by atoms with E-state index in [0.29, 0.717) is 0 Å². The number of thiocarbonyl (C=S) groups is 1. The third kappa shape index (κ3) is 3.41. The van der Waals surface area contributed by atoms with Crippen LogP contribution in [0, 0.1) is 0 Å². The SMILES string of the molecule is C/C=C\C(=S)N(C)/C=C\C. The van der Waals surface area contributed by atoms with Gasteiger partial charge in [0.25, 0.3) is 0 Å². The highest BCUT2D eigenvalue weighted by Crippen LogP contribution is 1.90. The fourth-order valence-corrected chi connectivity index (χ4v) is 0.754. The van der Waals surface area contributed by atoms with Gasteiger partial charge in [0.05, 0.1) is 0 Å². The Morgan fingerprint density at radius 3 is 2.30 bits per heavy atom. The van der Waals surface area contributed by atoms with Gasteiger partial charge >= 0.3 is 0 Å². The Kier molecular flexibility index (Phi) is 4.85. The van der Waals surface area contributed by atoms with E-state index in [1.54, 1.807) is 0 Å². The van der Waals surface area contributed by atoms with Gasteiger partial charge in [-0.25, -0.2) is 0 Å². The van der Waals surface area contributed by atoms with Gasteiger partial charge in [-0.1, -0.05) is 24.4 Å². The predicted octanol–water partition coefficient (Wildman–Crippen LogP) is 2.36. The van der Waals surface area contributed by atoms with Crippen LogP contribution in [0.15, 0.2) is 24.4 Å². The highest BCUT2D eigenvalue weighted by Gasteiger charge is 1.91. The van der Waals surface area contributed by atoms with Gasteiger partial charge in [-0.05, 0) is 19.9 Å². The van der Waals surface area contributed by atoms with Crippen LogP contribution < -0.4 is 0 Å². The molecule has 0 saturated heterocycles. The molecule has 56 valence electrons. The van der Waals surface area contributed by atoms with E-state index in [2.05, 4.69) is 0 Å². The molecular weight excluding hydrogens is 142 g/mol. The zero-order valence-corrected chi connectivity index (χ0v) is 7.48. The Bertz CT molecular complexity index is 159. The zero-order chi connectivity index (χ0) is 7.98. The van der Waals surface area contributed by atoms with Crippen LogP contribution in [0.3, 0.4) is 0 Å². The maximum Gasteiger partial charge on any atom is 0.105 e. The highest BCUT2D eigenvalue weighted by molar-refractivity contribution is 7.80. The Labute approximate surface area is 68.0 Å². The van der Waals surface area contributed by atoms with Crippen LogP contribution >= 0.6 is 12.2 Å². The van der Waals surface area contributed by atoms with Crippen molar-refractivity contribution >= 4 is 17.2 Å². The quantitative estimate of drug-likeness (QED) is 0.445. The van der Waals surface area contributed by atoms with Gasteiger partial charge in [0.2, 0.25) is 0 Å². The Morgan fingerprint density at radius 2 is 1.90 bits per heavy atom. The molecule has 0 aliphatic rings. The normalized spacial score (nSPS) is 11.1. The molecule has 0 aliphatic heterocycles. The maximum absolute atomic E-state index is 5.03. The molecule has 0 aromatic carbocycles. The molecule has 0 bridgehead atoms. The lowest BCUT2D eigenvalue weighted by atomic mass is 10.5. The minimum absolute atomic E-state index is 0.834. The first-order valence-corrected chi connectivity index (χ1v) is 3.65. The topological polar surface area (TPSA) is 3.24 Å². The number of rotatable bonds is 2. The molecule has 0 saturated carbocycles. The molecule has 0 fully saturated rings. The second-order valence-electron chi connectivity index (χ2n) is 1.93. The van der Waals surface area contributed by atoms with Crippen LogP contribution in [-0.4, -0.2) is 16.9 Å². The zero-order valence-electron chi connectivity index (χ0n) is 6.66. The minimum Gasteiger partial charge on any atom is -0.343 e. The van der Waals surface area contributed by atoms with E-state index in [1.807, 2.05) is 50.2 Å². The Morgan fingerprint density at radius 1 is 1.30 bits per heavy atom. The third-order valence-electron chi connectivity index (χ3n) is 1.03. The number of likely N-dealkylation sites (N-methyl/N-ethyl adjacent to an activating group) is 1. The summed E-state index contributed by atoms with van der Waals surface area (Å²) in [5.41, 5.74) is 0. The standard InChI is InChI=1S/C8H13NS/c1-4-6-8(10)9(3)7-5-2/h4-7H,1-3H3/b6-4-,7-5-. The van der Waals surface area contributed by atoms with Gasteiger partial charge in [-0.2, -0.15) is 0 Å². The first kappa shape index (κ1) is 9.37. The van der Waals surface area contributed by atoms with E-state index in [1.165, 1.54) is 0 Å². The summed E-state index contributed by atoms with van der Waals surface area (Å²) >= 11 is 5.03. The van der Waals surface area contributed by atoms with Crippen molar-refractivity contribution in [2.45, 2.75) is 13.8 Å². The van der Waals surface area contributed by atoms with Crippen LogP contribution in [-0.2, 0) is 0 Å². The smallest absolute Gasteiger partial charge is 0.105 e. The number of hydrogen-bond donors (Lipinski definition) is 0. The first-order valence-electron chi connectivity index (χ1n) is 3.24. The summed E-state index contributed by atoms with van der Waals surface area (Å²) in [6.07, 6.45) is 7.72. The molecule has 0 aromatic heterocycles. The molecule has 1 nitrogen and oxygen atoms in total. The van der Waals surface area contributed by atoms with Crippen molar-refractivity contribution in [1.29, 1.82) is 0 Å². The third-order valence-corrected chi connectivity index (χ3v) is 1.45. The summed E-state index contributed by atoms with van der Waals surface area (Å²) in [5.74, 6) is 0. The summed E-state index contributed by atoms with van der Waals surface area (Å²) in [4.78, 5) is 2.73. The maximum atomic E-state index is 5.03. The monoisotopic (exact) mass is 155 g/mol. The summed E-state index contributed by atoms with van der Waals surface area (Å²) in [6, 6.07) is 0. The Balaban J connectivity index is 3.94. The average Bonchev–Trinajstić information content (AvgIpc) is 1.89. The van der Waals surface area contributed by atoms with Crippen molar-refractivity contribution in [3.8, 4) is 0 Å². The summed E-state index contributed by atoms with van der Waals surface area (Å²) in [7, 11) is 1.93. The van der Waals surface area contributed by atoms with Crippen molar-refractivity contribution in [2.24, 2.45) is 0 Å². The summed E-state index contributed by atoms with van der Waals surface area (Å²) < 4.78 is 0. The van der Waals surface area contributed by atoms with Gasteiger partial charge in [0.1, 0.15) is 4.99 Å². The van der Waals surface area contributed by atoms with E-state index in [0.717, 1.165) is 4.99 Å². The molecule has 2 heteroatoms. The number of allylic oxidation sites excluding steroid dienone is 2. The predicted molar refractivity (Wildman–Crippen MR) is 50.0 cm³/mol. The Hall–Kier alpha value is -0.630. The fourth-order valence-electron chi connectivity index (χ4n) is 0.557. The largest absolute Gasteiger partial charge is 0.343 e. The second-order valence-corrected chi connectivity index (χ2v) is 2.35. The highest BCUT2D eigenvalue weighted by atomic mass is 32.1. The van der Waals surface area contributed by atoms with Crippen LogP contribution in [0.5, 0.6) is 0 Å². The van der Waals surface area contributed by atoms with Crippen LogP contribution in [0.1, 0.15) is 13.8 Å². The minimum atomic E-state index is 0.834. The van der Waals surface area contributed by atoms with Crippen molar-refractivity contribution in [1.82, 2.24) is 4.90 Å². The molecular formula is C8H13NS. The van der Waals surface area contributed by atoms with Crippen molar-refractivity contribution in [3.63, 3.8) is 0 Å². The number of nitrogens with zero attached hydrogens (tertiary/aromatic N) is 1. The molecule has 10 heavy (non-hydrogen) atoms. The summed E-state index contributed by atoms with van der Waals surface area (Å²) in [6.45, 7) is 3.92. The van der Waals surface area contributed by atoms with Crippen LogP contribution in [0.25, 0.3) is 0 Å². The van der Waals surface area contributed by atoms with E-state index in [9.17, 15) is 0 Å². The van der Waals surface area contributed by atoms with E-state index in [4.69, 9.17) is 12.2 Å². The van der Waals surface area contributed by atoms with E-state index in [-0.39, 0.29) is 0 Å². The van der Waals surface area contributed by atoms with Gasteiger partial charge in [0, 0.05) is 13.2 Å². The van der Waals surface area contributed by atoms with Gasteiger partial charge in [0.15, 0.2) is 0 Å². The van der Waals surface area contributed by atoms with Crippen LogP contribution in [0.4, 0.5) is 0 Å². The van der Waals surface area contributed by atoms with E-state index >= 15 is 0 Å². The molecule has 0 aromatic rings. The fraction of sp³-hybridized carbons (Fsp3) is 0.375. The lowest BCUT2D eigenvalue weighted by Crippen LogP contribution is -2.15. The first-order chi connectivity index (χ1) is 4.72. The van der Waals surface area contributed by atoms with Crippen molar-refractivity contribution < 1.29 is 0 Å². The molecule has 0 amide bonds. The lowest BCUT2D eigenvalue weighted by Gasteiger charge is -2.10. The molecule has 0 radical (unpaired) electrons. The van der Waals surface area contributed by atoms with Gasteiger partial charge < -0.3 is 4.90 Å². The summed E-state index contributed by atoms with van der Waals surface area (Å²) in [5, 5.41) is 0. The molecule has 0 rings (SSSR count). The molecule has 0 atom stereocenters. The van der Waals surface area contributed by atoms with Crippen molar-refractivity contribution in [3.05, 3.63) is 24.4 Å². The van der Waals surface area contributed by atoms with E-state index < -0.39 is 0 Å². The second kappa shape index (κ2) is 5.18. The molecule has 0 unspecified atom stereocenters. The molecule has 0 aliphatic carbocycles. The van der Waals surface area contributed by atoms with Gasteiger partial charge in [-0.3, -0.25) is 0 Å². The average molecular weight is 155 g/mol. The van der Waals surface area contributed by atoms with Crippen LogP contribution in [0.2, 0.25) is 0 Å². The number of hydrogen-bond acceptors (Lipinski definition) is 1. The van der Waals surface area contributed by atoms with Crippen molar-refractivity contribution in [2.75, 3.05) is 7.05 Å². The lowest BCUT2D eigenvalue weighted by molar-refractivity contribution is 0.705. The molecule has 0 N–H and O–H groups in total. The van der Waals surface area contributed by atoms with Gasteiger partial charge in [-0.15, -0.1) is 0 Å². The molecule has 0 heterocycles. The molecule has 0 spiro atoms.